The summed E-state index contributed by atoms with van der Waals surface area (Å²) < 4.78 is 0. The van der Waals surface area contributed by atoms with Crippen molar-refractivity contribution in [2.45, 2.75) is 77.0 Å². The first kappa shape index (κ1) is 18.9. The lowest BCUT2D eigenvalue weighted by atomic mass is 9.87. The van der Waals surface area contributed by atoms with E-state index in [9.17, 15) is 9.59 Å². The summed E-state index contributed by atoms with van der Waals surface area (Å²) >= 11 is 0. The minimum atomic E-state index is 0.103. The van der Waals surface area contributed by atoms with Crippen molar-refractivity contribution < 1.29 is 9.59 Å². The molecule has 0 bridgehead atoms. The molecule has 2 fully saturated rings. The number of rotatable bonds is 6. The monoisotopic (exact) mass is 356 g/mol. The predicted molar refractivity (Wildman–Crippen MR) is 106 cm³/mol. The van der Waals surface area contributed by atoms with Crippen LogP contribution in [0.1, 0.15) is 77.0 Å². The highest BCUT2D eigenvalue weighted by Gasteiger charge is 2.18. The Kier molecular flexibility index (Phi) is 7.10. The summed E-state index contributed by atoms with van der Waals surface area (Å²) in [5.74, 6) is 1.29. The quantitative estimate of drug-likeness (QED) is 0.706. The molecule has 0 unspecified atom stereocenters. The largest absolute Gasteiger partial charge is 0.326 e. The Morgan fingerprint density at radius 3 is 1.35 bits per heavy atom. The second kappa shape index (κ2) is 9.75. The predicted octanol–water partition coefficient (Wildman–Crippen LogP) is 5.50. The highest BCUT2D eigenvalue weighted by atomic mass is 16.2. The van der Waals surface area contributed by atoms with Crippen LogP contribution < -0.4 is 10.6 Å². The molecule has 0 saturated heterocycles. The first-order chi connectivity index (χ1) is 12.7. The zero-order valence-corrected chi connectivity index (χ0v) is 15.8. The van der Waals surface area contributed by atoms with Gasteiger partial charge in [-0.3, -0.25) is 9.59 Å². The summed E-state index contributed by atoms with van der Waals surface area (Å²) in [7, 11) is 0. The highest BCUT2D eigenvalue weighted by Crippen LogP contribution is 2.28. The van der Waals surface area contributed by atoms with E-state index in [0.29, 0.717) is 24.7 Å². The number of benzene rings is 1. The van der Waals surface area contributed by atoms with E-state index in [1.807, 2.05) is 24.3 Å². The molecule has 0 heterocycles. The maximum absolute atomic E-state index is 12.2. The summed E-state index contributed by atoms with van der Waals surface area (Å²) in [6.45, 7) is 0. The lowest BCUT2D eigenvalue weighted by molar-refractivity contribution is -0.118. The summed E-state index contributed by atoms with van der Waals surface area (Å²) in [5, 5.41) is 5.97. The number of nitrogens with one attached hydrogen (secondary N) is 2. The number of amides is 2. The first-order valence-electron chi connectivity index (χ1n) is 10.4. The van der Waals surface area contributed by atoms with E-state index in [1.165, 1.54) is 64.2 Å². The van der Waals surface area contributed by atoms with E-state index in [1.54, 1.807) is 0 Å². The molecule has 2 amide bonds. The molecule has 1 aromatic carbocycles. The lowest BCUT2D eigenvalue weighted by Crippen LogP contribution is -2.19. The van der Waals surface area contributed by atoms with Crippen LogP contribution in [-0.4, -0.2) is 11.8 Å². The zero-order chi connectivity index (χ0) is 18.2. The standard InChI is InChI=1S/C22H32N2O2/c25-21(15-17-7-3-1-4-8-17)23-19-11-13-20(14-12-19)24-22(26)16-18-9-5-2-6-10-18/h11-14,17-18H,1-10,15-16H2,(H,23,25)(H,24,26). The third-order valence-corrected chi connectivity index (χ3v) is 5.85. The van der Waals surface area contributed by atoms with Crippen LogP contribution in [0.5, 0.6) is 0 Å². The number of anilines is 2. The Labute approximate surface area is 157 Å². The molecule has 4 nitrogen and oxygen atoms in total. The fourth-order valence-electron chi connectivity index (χ4n) is 4.37. The third-order valence-electron chi connectivity index (χ3n) is 5.85. The van der Waals surface area contributed by atoms with Gasteiger partial charge in [0.1, 0.15) is 0 Å². The molecule has 3 rings (SSSR count). The molecule has 4 heteroatoms. The minimum absolute atomic E-state index is 0.103. The molecule has 0 radical (unpaired) electrons. The summed E-state index contributed by atoms with van der Waals surface area (Å²) in [4.78, 5) is 24.4. The van der Waals surface area contributed by atoms with Crippen LogP contribution in [0.3, 0.4) is 0 Å². The molecule has 0 aliphatic heterocycles. The molecule has 0 aromatic heterocycles. The van der Waals surface area contributed by atoms with Gasteiger partial charge in [0.15, 0.2) is 0 Å². The summed E-state index contributed by atoms with van der Waals surface area (Å²) in [5.41, 5.74) is 1.60. The van der Waals surface area contributed by atoms with Gasteiger partial charge in [-0.1, -0.05) is 38.5 Å². The SMILES string of the molecule is O=C(CC1CCCCC1)Nc1ccc(NC(=O)CC2CCCCC2)cc1. The van der Waals surface area contributed by atoms with Gasteiger partial charge < -0.3 is 10.6 Å². The molecule has 2 aliphatic carbocycles. The van der Waals surface area contributed by atoms with Gasteiger partial charge in [-0.2, -0.15) is 0 Å². The van der Waals surface area contributed by atoms with Crippen molar-refractivity contribution >= 4 is 23.2 Å². The van der Waals surface area contributed by atoms with Crippen LogP contribution in [0.15, 0.2) is 24.3 Å². The van der Waals surface area contributed by atoms with E-state index in [4.69, 9.17) is 0 Å². The van der Waals surface area contributed by atoms with Crippen LogP contribution in [0.2, 0.25) is 0 Å². The van der Waals surface area contributed by atoms with Crippen molar-refractivity contribution in [3.05, 3.63) is 24.3 Å². The molecule has 2 aliphatic rings. The Balaban J connectivity index is 1.42. The van der Waals surface area contributed by atoms with Gasteiger partial charge in [-0.25, -0.2) is 0 Å². The third kappa shape index (κ3) is 6.15. The topological polar surface area (TPSA) is 58.2 Å². The summed E-state index contributed by atoms with van der Waals surface area (Å²) in [6.07, 6.45) is 13.6. The molecule has 2 saturated carbocycles. The molecule has 142 valence electrons. The number of hydrogen-bond donors (Lipinski definition) is 2. The molecular formula is C22H32N2O2. The van der Waals surface area contributed by atoms with Crippen molar-refractivity contribution in [2.75, 3.05) is 10.6 Å². The van der Waals surface area contributed by atoms with E-state index in [0.717, 1.165) is 11.4 Å². The maximum atomic E-state index is 12.2. The molecule has 1 aromatic rings. The smallest absolute Gasteiger partial charge is 0.224 e. The number of carbonyl (C=O) groups excluding carboxylic acids is 2. The van der Waals surface area contributed by atoms with Gasteiger partial charge in [0.2, 0.25) is 11.8 Å². The lowest BCUT2D eigenvalue weighted by Gasteiger charge is -2.21. The van der Waals surface area contributed by atoms with Gasteiger partial charge in [-0.15, -0.1) is 0 Å². The second-order valence-corrected chi connectivity index (χ2v) is 8.09. The fraction of sp³-hybridized carbons (Fsp3) is 0.636. The maximum Gasteiger partial charge on any atom is 0.224 e. The van der Waals surface area contributed by atoms with Gasteiger partial charge >= 0.3 is 0 Å². The molecule has 26 heavy (non-hydrogen) atoms. The molecule has 0 spiro atoms. The second-order valence-electron chi connectivity index (χ2n) is 8.09. The molecular weight excluding hydrogens is 324 g/mol. The van der Waals surface area contributed by atoms with Crippen LogP contribution in [0, 0.1) is 11.8 Å². The minimum Gasteiger partial charge on any atom is -0.326 e. The van der Waals surface area contributed by atoms with Crippen LogP contribution >= 0.6 is 0 Å². The van der Waals surface area contributed by atoms with Gasteiger partial charge in [0.05, 0.1) is 0 Å². The first-order valence-corrected chi connectivity index (χ1v) is 10.4. The fourth-order valence-corrected chi connectivity index (χ4v) is 4.37. The van der Waals surface area contributed by atoms with Crippen LogP contribution in [0.4, 0.5) is 11.4 Å². The van der Waals surface area contributed by atoms with E-state index >= 15 is 0 Å². The molecule has 0 atom stereocenters. The Hall–Kier alpha value is -1.84. The zero-order valence-electron chi connectivity index (χ0n) is 15.8. The van der Waals surface area contributed by atoms with Crippen molar-refractivity contribution in [1.29, 1.82) is 0 Å². The van der Waals surface area contributed by atoms with Gasteiger partial charge in [-0.05, 0) is 61.8 Å². The van der Waals surface area contributed by atoms with Crippen molar-refractivity contribution in [3.63, 3.8) is 0 Å². The van der Waals surface area contributed by atoms with Crippen molar-refractivity contribution in [3.8, 4) is 0 Å². The summed E-state index contributed by atoms with van der Waals surface area (Å²) in [6, 6.07) is 7.48. The average molecular weight is 357 g/mol. The number of hydrogen-bond acceptors (Lipinski definition) is 2. The average Bonchev–Trinajstić information content (AvgIpc) is 2.65. The normalized spacial score (nSPS) is 19.1. The van der Waals surface area contributed by atoms with Crippen molar-refractivity contribution in [1.82, 2.24) is 0 Å². The Morgan fingerprint density at radius 2 is 1.00 bits per heavy atom. The van der Waals surface area contributed by atoms with Crippen LogP contribution in [-0.2, 0) is 9.59 Å². The Bertz CT molecular complexity index is 532. The molecule has 2 N–H and O–H groups in total. The van der Waals surface area contributed by atoms with E-state index in [-0.39, 0.29) is 11.8 Å². The van der Waals surface area contributed by atoms with E-state index < -0.39 is 0 Å². The van der Waals surface area contributed by atoms with Crippen molar-refractivity contribution in [2.24, 2.45) is 11.8 Å². The highest BCUT2D eigenvalue weighted by molar-refractivity contribution is 5.93. The Morgan fingerprint density at radius 1 is 0.654 bits per heavy atom. The van der Waals surface area contributed by atoms with Gasteiger partial charge in [0.25, 0.3) is 0 Å². The van der Waals surface area contributed by atoms with Crippen LogP contribution in [0.25, 0.3) is 0 Å². The van der Waals surface area contributed by atoms with Gasteiger partial charge in [0, 0.05) is 24.2 Å². The van der Waals surface area contributed by atoms with E-state index in [2.05, 4.69) is 10.6 Å². The number of carbonyl (C=O) groups is 2.